The summed E-state index contributed by atoms with van der Waals surface area (Å²) in [6.45, 7) is 7.00. The molecular weight excluding hydrogens is 490 g/mol. The highest BCUT2D eigenvalue weighted by molar-refractivity contribution is 6.30. The Morgan fingerprint density at radius 2 is 1.86 bits per heavy atom. The van der Waals surface area contributed by atoms with Crippen molar-refractivity contribution in [3.05, 3.63) is 70.9 Å². The first-order valence-corrected chi connectivity index (χ1v) is 13.3. The van der Waals surface area contributed by atoms with E-state index in [2.05, 4.69) is 17.1 Å². The molecule has 0 aliphatic rings. The van der Waals surface area contributed by atoms with Crippen LogP contribution in [0.5, 0.6) is 0 Å². The Hall–Kier alpha value is -2.42. The van der Waals surface area contributed by atoms with Gasteiger partial charge in [-0.1, -0.05) is 41.9 Å². The van der Waals surface area contributed by atoms with Crippen molar-refractivity contribution in [1.82, 2.24) is 14.8 Å². The van der Waals surface area contributed by atoms with Crippen molar-refractivity contribution in [1.29, 1.82) is 0 Å². The Bertz CT molecular complexity index is 1090. The number of ether oxygens (including phenoxy) is 2. The summed E-state index contributed by atoms with van der Waals surface area (Å²) in [5.41, 5.74) is 3.30. The summed E-state index contributed by atoms with van der Waals surface area (Å²) < 4.78 is 10.8. The highest BCUT2D eigenvalue weighted by Gasteiger charge is 2.21. The van der Waals surface area contributed by atoms with E-state index >= 15 is 0 Å². The molecule has 1 unspecified atom stereocenters. The van der Waals surface area contributed by atoms with Crippen LogP contribution in [0, 0.1) is 0 Å². The third-order valence-electron chi connectivity index (χ3n) is 6.24. The molecule has 0 aliphatic heterocycles. The maximum Gasteiger partial charge on any atom is 0.237 e. The Morgan fingerprint density at radius 3 is 2.59 bits per heavy atom. The van der Waals surface area contributed by atoms with Crippen LogP contribution >= 0.6 is 11.6 Å². The fourth-order valence-electron chi connectivity index (χ4n) is 4.31. The molecule has 202 valence electrons. The number of methoxy groups -OCH3 is 1. The van der Waals surface area contributed by atoms with Gasteiger partial charge >= 0.3 is 0 Å². The third kappa shape index (κ3) is 9.76. The Balaban J connectivity index is 1.71. The van der Waals surface area contributed by atoms with E-state index in [-0.39, 0.29) is 25.2 Å². The highest BCUT2D eigenvalue weighted by atomic mass is 35.5. The van der Waals surface area contributed by atoms with Crippen LogP contribution in [0.4, 0.5) is 0 Å². The lowest BCUT2D eigenvalue weighted by Crippen LogP contribution is -2.44. The van der Waals surface area contributed by atoms with E-state index in [1.54, 1.807) is 7.11 Å². The van der Waals surface area contributed by atoms with Gasteiger partial charge in [-0.3, -0.25) is 9.69 Å². The molecule has 3 rings (SSSR count). The number of amides is 1. The largest absolute Gasteiger partial charge is 0.389 e. The fourth-order valence-corrected chi connectivity index (χ4v) is 4.43. The maximum atomic E-state index is 13.6. The summed E-state index contributed by atoms with van der Waals surface area (Å²) in [5, 5.41) is 12.4. The number of hydrogen-bond acceptors (Lipinski definition) is 5. The van der Waals surface area contributed by atoms with Gasteiger partial charge in [0.15, 0.2) is 0 Å². The number of halogens is 1. The monoisotopic (exact) mass is 529 g/mol. The van der Waals surface area contributed by atoms with Crippen molar-refractivity contribution in [2.45, 2.75) is 45.4 Å². The van der Waals surface area contributed by atoms with Crippen molar-refractivity contribution in [2.24, 2.45) is 0 Å². The molecule has 2 aromatic carbocycles. The summed E-state index contributed by atoms with van der Waals surface area (Å²) in [6.07, 6.45) is 2.90. The smallest absolute Gasteiger partial charge is 0.237 e. The van der Waals surface area contributed by atoms with Crippen molar-refractivity contribution in [3.8, 4) is 0 Å². The molecule has 1 amide bonds. The number of aromatic nitrogens is 1. The van der Waals surface area contributed by atoms with Crippen LogP contribution in [0.15, 0.2) is 54.7 Å². The van der Waals surface area contributed by atoms with Crippen LogP contribution in [0.1, 0.15) is 31.4 Å². The van der Waals surface area contributed by atoms with Gasteiger partial charge in [-0.05, 0) is 56.0 Å². The quantitative estimate of drug-likeness (QED) is 0.267. The summed E-state index contributed by atoms with van der Waals surface area (Å²) in [6, 6.07) is 15.8. The minimum atomic E-state index is -0.673. The fraction of sp³-hybridized carbons (Fsp3) is 0.483. The maximum absolute atomic E-state index is 13.6. The van der Waals surface area contributed by atoms with Crippen LogP contribution in [-0.4, -0.2) is 84.5 Å². The first-order chi connectivity index (χ1) is 17.9. The number of fused-ring (bicyclic) bond motifs is 1. The zero-order valence-electron chi connectivity index (χ0n) is 22.2. The van der Waals surface area contributed by atoms with Crippen LogP contribution in [0.25, 0.3) is 10.9 Å². The number of rotatable bonds is 16. The van der Waals surface area contributed by atoms with Crippen LogP contribution in [0.2, 0.25) is 5.02 Å². The van der Waals surface area contributed by atoms with Crippen molar-refractivity contribution in [2.75, 3.05) is 46.5 Å². The van der Waals surface area contributed by atoms with Gasteiger partial charge in [-0.25, -0.2) is 0 Å². The SMILES string of the molecule is COCCCN(CC(=O)N(CCc1c[nH]c2ccccc12)Cc1ccc(Cl)cc1)CC(O)COC(C)C. The minimum absolute atomic E-state index is 0.0178. The third-order valence-corrected chi connectivity index (χ3v) is 6.49. The van der Waals surface area contributed by atoms with Crippen LogP contribution < -0.4 is 0 Å². The van der Waals surface area contributed by atoms with E-state index < -0.39 is 6.10 Å². The molecule has 8 heteroatoms. The molecule has 0 saturated heterocycles. The van der Waals surface area contributed by atoms with Gasteiger partial charge in [-0.15, -0.1) is 0 Å². The normalized spacial score (nSPS) is 12.5. The second-order valence-electron chi connectivity index (χ2n) is 9.67. The molecule has 0 fully saturated rings. The summed E-state index contributed by atoms with van der Waals surface area (Å²) in [7, 11) is 1.67. The van der Waals surface area contributed by atoms with Crippen molar-refractivity contribution >= 4 is 28.4 Å². The van der Waals surface area contributed by atoms with Gasteiger partial charge in [0.05, 0.1) is 25.4 Å². The zero-order valence-corrected chi connectivity index (χ0v) is 22.9. The van der Waals surface area contributed by atoms with E-state index in [0.717, 1.165) is 23.9 Å². The average Bonchev–Trinajstić information content (AvgIpc) is 3.29. The van der Waals surface area contributed by atoms with E-state index in [4.69, 9.17) is 21.1 Å². The molecular formula is C29H40ClN3O4. The number of benzene rings is 2. The van der Waals surface area contributed by atoms with Gasteiger partial charge in [0, 0.05) is 62.0 Å². The number of nitrogens with one attached hydrogen (secondary N) is 1. The number of H-pyrrole nitrogens is 1. The number of hydrogen-bond donors (Lipinski definition) is 2. The Labute approximate surface area is 225 Å². The molecule has 7 nitrogen and oxygen atoms in total. The standard InChI is InChI=1S/C29H40ClN3O4/c1-22(2)37-21-26(34)19-32(14-6-16-36-3)20-29(35)33(18-23-9-11-25(30)12-10-23)15-13-24-17-31-28-8-5-4-7-27(24)28/h4-5,7-12,17,22,26,31,34H,6,13-16,18-21H2,1-3H3. The molecule has 0 saturated carbocycles. The van der Waals surface area contributed by atoms with Crippen molar-refractivity contribution in [3.63, 3.8) is 0 Å². The number of carbonyl (C=O) groups excluding carboxylic acids is 1. The predicted molar refractivity (Wildman–Crippen MR) is 149 cm³/mol. The summed E-state index contributed by atoms with van der Waals surface area (Å²) in [5.74, 6) is 0.0178. The molecule has 3 aromatic rings. The molecule has 2 N–H and O–H groups in total. The number of aromatic amines is 1. The second-order valence-corrected chi connectivity index (χ2v) is 10.1. The predicted octanol–water partition coefficient (Wildman–Crippen LogP) is 4.52. The zero-order chi connectivity index (χ0) is 26.6. The van der Waals surface area contributed by atoms with Crippen molar-refractivity contribution < 1.29 is 19.4 Å². The molecule has 1 atom stereocenters. The molecule has 37 heavy (non-hydrogen) atoms. The van der Waals surface area contributed by atoms with Gasteiger partial charge in [0.25, 0.3) is 0 Å². The Kier molecular flexibility index (Phi) is 11.9. The van der Waals surface area contributed by atoms with E-state index in [0.29, 0.717) is 37.8 Å². The lowest BCUT2D eigenvalue weighted by atomic mass is 10.1. The number of carbonyl (C=O) groups is 1. The topological polar surface area (TPSA) is 78.0 Å². The van der Waals surface area contributed by atoms with Gasteiger partial charge < -0.3 is 24.5 Å². The lowest BCUT2D eigenvalue weighted by Gasteiger charge is -2.29. The summed E-state index contributed by atoms with van der Waals surface area (Å²) in [4.78, 5) is 20.8. The first-order valence-electron chi connectivity index (χ1n) is 12.9. The van der Waals surface area contributed by atoms with Gasteiger partial charge in [0.1, 0.15) is 0 Å². The van der Waals surface area contributed by atoms with E-state index in [1.165, 1.54) is 10.9 Å². The number of aliphatic hydroxyl groups excluding tert-OH is 1. The highest BCUT2D eigenvalue weighted by Crippen LogP contribution is 2.19. The molecule has 0 radical (unpaired) electrons. The van der Waals surface area contributed by atoms with Gasteiger partial charge in [0.2, 0.25) is 5.91 Å². The first kappa shape index (κ1) is 29.1. The molecule has 0 spiro atoms. The number of aliphatic hydroxyl groups is 1. The Morgan fingerprint density at radius 1 is 1.11 bits per heavy atom. The van der Waals surface area contributed by atoms with Crippen LogP contribution in [-0.2, 0) is 27.2 Å². The molecule has 1 heterocycles. The van der Waals surface area contributed by atoms with Crippen LogP contribution in [0.3, 0.4) is 0 Å². The minimum Gasteiger partial charge on any atom is -0.389 e. The molecule has 1 aromatic heterocycles. The molecule has 0 bridgehead atoms. The second kappa shape index (κ2) is 15.1. The van der Waals surface area contributed by atoms with E-state index in [9.17, 15) is 9.90 Å². The summed E-state index contributed by atoms with van der Waals surface area (Å²) >= 11 is 6.08. The van der Waals surface area contributed by atoms with E-state index in [1.807, 2.05) is 66.2 Å². The average molecular weight is 530 g/mol. The van der Waals surface area contributed by atoms with Gasteiger partial charge in [-0.2, -0.15) is 0 Å². The molecule has 0 aliphatic carbocycles. The lowest BCUT2D eigenvalue weighted by molar-refractivity contribution is -0.133. The number of para-hydroxylation sites is 1. The number of nitrogens with zero attached hydrogens (tertiary/aromatic N) is 2.